The number of hydrogen-bond donors (Lipinski definition) is 5. The Balaban J connectivity index is 2.86. The molecule has 1 unspecified atom stereocenters. The first-order valence-electron chi connectivity index (χ1n) is 3.10. The molecule has 0 aromatic carbocycles. The molecular formula is C4H10N6O2. The maximum atomic E-state index is 8.74. The summed E-state index contributed by atoms with van der Waals surface area (Å²) in [5, 5.41) is 18.3. The van der Waals surface area contributed by atoms with Gasteiger partial charge in [0.15, 0.2) is 12.5 Å². The Hall–Kier alpha value is -1.38. The van der Waals surface area contributed by atoms with E-state index in [1.807, 2.05) is 0 Å². The number of nitrogens with zero attached hydrogens (tertiary/aromatic N) is 3. The van der Waals surface area contributed by atoms with E-state index in [2.05, 4.69) is 9.98 Å². The normalized spacial score (nSPS) is 24.0. The summed E-state index contributed by atoms with van der Waals surface area (Å²) in [7, 11) is 0. The molecule has 1 aliphatic heterocycles. The first-order valence-corrected chi connectivity index (χ1v) is 3.10. The van der Waals surface area contributed by atoms with Crippen LogP contribution in [0.1, 0.15) is 0 Å². The number of guanidine groups is 2. The average Bonchev–Trinajstić information content (AvgIpc) is 1.96. The van der Waals surface area contributed by atoms with Crippen LogP contribution in [-0.2, 0) is 0 Å². The van der Waals surface area contributed by atoms with Gasteiger partial charge in [-0.1, -0.05) is 0 Å². The molecule has 0 aromatic rings. The second-order valence-electron chi connectivity index (χ2n) is 2.19. The minimum absolute atomic E-state index is 0.111. The molecule has 0 spiro atoms. The maximum Gasteiger partial charge on any atom is 0.220 e. The van der Waals surface area contributed by atoms with E-state index >= 15 is 0 Å². The first-order chi connectivity index (χ1) is 5.52. The van der Waals surface area contributed by atoms with Crippen molar-refractivity contribution in [2.24, 2.45) is 27.3 Å². The minimum atomic E-state index is -1.75. The Labute approximate surface area is 68.0 Å². The Morgan fingerprint density at radius 1 is 1.42 bits per heavy atom. The molecule has 8 heteroatoms. The number of nitrogens with two attached hydrogens (primary N) is 3. The third kappa shape index (κ3) is 1.44. The molecule has 0 radical (unpaired) electrons. The fraction of sp³-hybridized carbons (Fsp3) is 0.500. The summed E-state index contributed by atoms with van der Waals surface area (Å²) in [4.78, 5) is 7.04. The molecular weight excluding hydrogens is 164 g/mol. The summed E-state index contributed by atoms with van der Waals surface area (Å²) >= 11 is 0. The van der Waals surface area contributed by atoms with Gasteiger partial charge in [-0.3, -0.25) is 5.01 Å². The van der Waals surface area contributed by atoms with Crippen molar-refractivity contribution in [3.8, 4) is 0 Å². The molecule has 1 heterocycles. The van der Waals surface area contributed by atoms with Gasteiger partial charge < -0.3 is 21.7 Å². The van der Waals surface area contributed by atoms with Crippen LogP contribution < -0.4 is 17.3 Å². The van der Waals surface area contributed by atoms with Crippen molar-refractivity contribution in [1.82, 2.24) is 5.01 Å². The van der Waals surface area contributed by atoms with E-state index < -0.39 is 12.5 Å². The number of hydrogen-bond acceptors (Lipinski definition) is 8. The van der Waals surface area contributed by atoms with E-state index in [1.54, 1.807) is 0 Å². The Kier molecular flexibility index (Phi) is 2.13. The third-order valence-corrected chi connectivity index (χ3v) is 1.31. The zero-order valence-electron chi connectivity index (χ0n) is 6.12. The van der Waals surface area contributed by atoms with Gasteiger partial charge in [-0.15, -0.1) is 0 Å². The van der Waals surface area contributed by atoms with Gasteiger partial charge >= 0.3 is 0 Å². The van der Waals surface area contributed by atoms with Crippen LogP contribution in [0, 0.1) is 0 Å². The number of aliphatic imine (C=N–C) groups is 2. The molecule has 68 valence electrons. The highest BCUT2D eigenvalue weighted by Crippen LogP contribution is 2.04. The minimum Gasteiger partial charge on any atom is -0.368 e. The smallest absolute Gasteiger partial charge is 0.220 e. The second kappa shape index (κ2) is 2.93. The molecule has 0 aromatic heterocycles. The van der Waals surface area contributed by atoms with E-state index in [-0.39, 0.29) is 11.9 Å². The largest absolute Gasteiger partial charge is 0.368 e. The highest BCUT2D eigenvalue weighted by atomic mass is 16.5. The van der Waals surface area contributed by atoms with Crippen LogP contribution in [0.4, 0.5) is 0 Å². The van der Waals surface area contributed by atoms with Gasteiger partial charge in [-0.05, 0) is 0 Å². The molecule has 12 heavy (non-hydrogen) atoms. The van der Waals surface area contributed by atoms with E-state index in [0.717, 1.165) is 5.01 Å². The summed E-state index contributed by atoms with van der Waals surface area (Å²) in [6.45, 7) is 0. The predicted molar refractivity (Wildman–Crippen MR) is 41.3 cm³/mol. The lowest BCUT2D eigenvalue weighted by atomic mass is 10.4. The Morgan fingerprint density at radius 2 is 2.00 bits per heavy atom. The molecule has 1 atom stereocenters. The highest BCUT2D eigenvalue weighted by molar-refractivity contribution is 5.94. The summed E-state index contributed by atoms with van der Waals surface area (Å²) in [5.41, 5.74) is 10.5. The summed E-state index contributed by atoms with van der Waals surface area (Å²) < 4.78 is 0. The van der Waals surface area contributed by atoms with Crippen LogP contribution in [-0.4, -0.2) is 39.6 Å². The molecule has 0 saturated carbocycles. The fourth-order valence-electron chi connectivity index (χ4n) is 0.748. The third-order valence-electron chi connectivity index (χ3n) is 1.31. The van der Waals surface area contributed by atoms with Crippen molar-refractivity contribution >= 4 is 11.9 Å². The van der Waals surface area contributed by atoms with Gasteiger partial charge in [0.25, 0.3) is 0 Å². The van der Waals surface area contributed by atoms with E-state index in [9.17, 15) is 0 Å². The predicted octanol–water partition coefficient (Wildman–Crippen LogP) is -3.56. The van der Waals surface area contributed by atoms with E-state index in [0.29, 0.717) is 0 Å². The molecule has 8 nitrogen and oxygen atoms in total. The molecule has 0 fully saturated rings. The monoisotopic (exact) mass is 174 g/mol. The molecule has 8 N–H and O–H groups in total. The molecule has 0 aliphatic carbocycles. The van der Waals surface area contributed by atoms with Crippen LogP contribution in [0.25, 0.3) is 0 Å². The molecule has 1 rings (SSSR count). The number of rotatable bonds is 1. The summed E-state index contributed by atoms with van der Waals surface area (Å²) in [5.74, 6) is 5.04. The standard InChI is InChI=1S/C4H10N6O2/c5-3-8-1(2(11)12)10(7)4(6)9-3/h1-2,11-12H,7H2,(H4,5,6,8,9). The van der Waals surface area contributed by atoms with Crippen LogP contribution in [0.3, 0.4) is 0 Å². The van der Waals surface area contributed by atoms with Gasteiger partial charge in [-0.25, -0.2) is 10.8 Å². The topological polar surface area (TPSA) is 146 Å². The maximum absolute atomic E-state index is 8.74. The van der Waals surface area contributed by atoms with Crippen molar-refractivity contribution < 1.29 is 10.2 Å². The lowest BCUT2D eigenvalue weighted by Crippen LogP contribution is -2.56. The van der Waals surface area contributed by atoms with Gasteiger partial charge in [0, 0.05) is 0 Å². The van der Waals surface area contributed by atoms with E-state index in [1.165, 1.54) is 0 Å². The van der Waals surface area contributed by atoms with Gasteiger partial charge in [-0.2, -0.15) is 4.99 Å². The van der Waals surface area contributed by atoms with Crippen molar-refractivity contribution in [1.29, 1.82) is 0 Å². The van der Waals surface area contributed by atoms with Gasteiger partial charge in [0.1, 0.15) is 0 Å². The quantitative estimate of drug-likeness (QED) is 0.205. The van der Waals surface area contributed by atoms with Crippen LogP contribution in [0.5, 0.6) is 0 Å². The Morgan fingerprint density at radius 3 is 2.50 bits per heavy atom. The molecule has 0 saturated heterocycles. The molecule has 1 aliphatic rings. The van der Waals surface area contributed by atoms with Crippen molar-refractivity contribution in [2.45, 2.75) is 12.5 Å². The lowest BCUT2D eigenvalue weighted by molar-refractivity contribution is -0.0857. The zero-order chi connectivity index (χ0) is 9.30. The van der Waals surface area contributed by atoms with Crippen molar-refractivity contribution in [2.75, 3.05) is 0 Å². The number of aliphatic hydroxyl groups is 2. The Bertz CT molecular complexity index is 236. The van der Waals surface area contributed by atoms with E-state index in [4.69, 9.17) is 27.5 Å². The summed E-state index contributed by atoms with van der Waals surface area (Å²) in [6.07, 6.45) is -2.84. The zero-order valence-corrected chi connectivity index (χ0v) is 6.12. The summed E-state index contributed by atoms with van der Waals surface area (Å²) in [6, 6.07) is 0. The van der Waals surface area contributed by atoms with Gasteiger partial charge in [0.05, 0.1) is 0 Å². The first kappa shape index (κ1) is 8.71. The number of aliphatic hydroxyl groups excluding tert-OH is 1. The SMILES string of the molecule is NC1=NC(C(O)O)N(N)C(N)=N1. The number of hydrazine groups is 1. The van der Waals surface area contributed by atoms with Crippen LogP contribution in [0.2, 0.25) is 0 Å². The molecule has 0 amide bonds. The van der Waals surface area contributed by atoms with Gasteiger partial charge in [0.2, 0.25) is 11.9 Å². The van der Waals surface area contributed by atoms with Crippen LogP contribution >= 0.6 is 0 Å². The van der Waals surface area contributed by atoms with Crippen molar-refractivity contribution in [3.05, 3.63) is 0 Å². The van der Waals surface area contributed by atoms with Crippen molar-refractivity contribution in [3.63, 3.8) is 0 Å². The second-order valence-corrected chi connectivity index (χ2v) is 2.19. The van der Waals surface area contributed by atoms with Crippen LogP contribution in [0.15, 0.2) is 9.98 Å². The average molecular weight is 174 g/mol. The fourth-order valence-corrected chi connectivity index (χ4v) is 0.748. The molecule has 0 bridgehead atoms. The lowest BCUT2D eigenvalue weighted by Gasteiger charge is -2.28. The highest BCUT2D eigenvalue weighted by Gasteiger charge is 2.26.